The van der Waals surface area contributed by atoms with Crippen molar-refractivity contribution in [2.24, 2.45) is 5.92 Å². The number of thioether (sulfide) groups is 1. The molecule has 1 saturated carbocycles. The molecule has 0 aromatic rings. The van der Waals surface area contributed by atoms with Crippen LogP contribution in [0.5, 0.6) is 0 Å². The first-order valence-electron chi connectivity index (χ1n) is 6.97. The van der Waals surface area contributed by atoms with Gasteiger partial charge in [0.15, 0.2) is 0 Å². The second-order valence-electron chi connectivity index (χ2n) is 5.70. The molecule has 0 amide bonds. The van der Waals surface area contributed by atoms with Gasteiger partial charge in [0.2, 0.25) is 0 Å². The molecule has 0 spiro atoms. The molecule has 2 saturated heterocycles. The Labute approximate surface area is 104 Å². The summed E-state index contributed by atoms with van der Waals surface area (Å²) in [6.45, 7) is 4.01. The molecule has 0 aromatic carbocycles. The fraction of sp³-hybridized carbons (Fsp3) is 1.00. The van der Waals surface area contributed by atoms with E-state index >= 15 is 0 Å². The summed E-state index contributed by atoms with van der Waals surface area (Å²) in [5, 5.41) is 3.69. The maximum absolute atomic E-state index is 3.69. The fourth-order valence-corrected chi connectivity index (χ4v) is 4.18. The molecule has 3 aliphatic rings. The molecule has 2 heterocycles. The van der Waals surface area contributed by atoms with Crippen LogP contribution < -0.4 is 5.32 Å². The highest BCUT2D eigenvalue weighted by Gasteiger charge is 2.30. The first-order valence-corrected chi connectivity index (χ1v) is 8.12. The largest absolute Gasteiger partial charge is 0.314 e. The lowest BCUT2D eigenvalue weighted by atomic mass is 10.1. The Morgan fingerprint density at radius 3 is 2.88 bits per heavy atom. The van der Waals surface area contributed by atoms with Gasteiger partial charge in [-0.1, -0.05) is 0 Å². The summed E-state index contributed by atoms with van der Waals surface area (Å²) in [6, 6.07) is 1.80. The zero-order valence-corrected chi connectivity index (χ0v) is 11.0. The molecule has 16 heavy (non-hydrogen) atoms. The lowest BCUT2D eigenvalue weighted by Gasteiger charge is -2.30. The van der Waals surface area contributed by atoms with Gasteiger partial charge in [0.25, 0.3) is 0 Å². The third kappa shape index (κ3) is 2.93. The van der Waals surface area contributed by atoms with E-state index in [9.17, 15) is 0 Å². The van der Waals surface area contributed by atoms with Gasteiger partial charge >= 0.3 is 0 Å². The van der Waals surface area contributed by atoms with Gasteiger partial charge in [-0.15, -0.1) is 0 Å². The summed E-state index contributed by atoms with van der Waals surface area (Å²) < 4.78 is 0. The SMILES string of the molecule is C1CSCC(N2CCC(CNC3CC3)C2)C1. The van der Waals surface area contributed by atoms with Crippen LogP contribution in [-0.2, 0) is 0 Å². The van der Waals surface area contributed by atoms with E-state index in [1.807, 2.05) is 0 Å². The first kappa shape index (κ1) is 11.4. The number of hydrogen-bond acceptors (Lipinski definition) is 3. The summed E-state index contributed by atoms with van der Waals surface area (Å²) in [6.07, 6.45) is 7.18. The van der Waals surface area contributed by atoms with Gasteiger partial charge < -0.3 is 5.32 Å². The van der Waals surface area contributed by atoms with E-state index in [0.29, 0.717) is 0 Å². The average molecular weight is 240 g/mol. The summed E-state index contributed by atoms with van der Waals surface area (Å²) in [4.78, 5) is 2.77. The number of nitrogens with one attached hydrogen (secondary N) is 1. The van der Waals surface area contributed by atoms with Crippen LogP contribution in [0.4, 0.5) is 0 Å². The summed E-state index contributed by atoms with van der Waals surface area (Å²) in [5.41, 5.74) is 0. The van der Waals surface area contributed by atoms with Gasteiger partial charge in [-0.05, 0) is 56.9 Å². The molecular formula is C13H24N2S. The zero-order valence-electron chi connectivity index (χ0n) is 10.2. The predicted molar refractivity (Wildman–Crippen MR) is 71.1 cm³/mol. The molecule has 2 atom stereocenters. The molecule has 3 heteroatoms. The van der Waals surface area contributed by atoms with E-state index in [-0.39, 0.29) is 0 Å². The number of nitrogens with zero attached hydrogens (tertiary/aromatic N) is 1. The van der Waals surface area contributed by atoms with E-state index in [1.54, 1.807) is 0 Å². The van der Waals surface area contributed by atoms with Gasteiger partial charge in [-0.25, -0.2) is 0 Å². The van der Waals surface area contributed by atoms with E-state index in [2.05, 4.69) is 22.0 Å². The molecule has 0 radical (unpaired) electrons. The van der Waals surface area contributed by atoms with Crippen molar-refractivity contribution in [1.82, 2.24) is 10.2 Å². The molecular weight excluding hydrogens is 216 g/mol. The molecule has 2 nitrogen and oxygen atoms in total. The van der Waals surface area contributed by atoms with Crippen LogP contribution in [0, 0.1) is 5.92 Å². The summed E-state index contributed by atoms with van der Waals surface area (Å²) in [7, 11) is 0. The van der Waals surface area contributed by atoms with Gasteiger partial charge in [0, 0.05) is 24.4 Å². The molecule has 0 aromatic heterocycles. The zero-order chi connectivity index (χ0) is 10.8. The lowest BCUT2D eigenvalue weighted by molar-refractivity contribution is 0.237. The second kappa shape index (κ2) is 5.28. The van der Waals surface area contributed by atoms with Crippen molar-refractivity contribution in [1.29, 1.82) is 0 Å². The fourth-order valence-electron chi connectivity index (χ4n) is 2.99. The molecule has 2 aliphatic heterocycles. The highest BCUT2D eigenvalue weighted by Crippen LogP contribution is 2.27. The highest BCUT2D eigenvalue weighted by molar-refractivity contribution is 7.99. The minimum absolute atomic E-state index is 0.888. The van der Waals surface area contributed by atoms with Gasteiger partial charge in [0.1, 0.15) is 0 Å². The Bertz CT molecular complexity index is 224. The van der Waals surface area contributed by atoms with Crippen LogP contribution >= 0.6 is 11.8 Å². The quantitative estimate of drug-likeness (QED) is 0.809. The lowest BCUT2D eigenvalue weighted by Crippen LogP contribution is -2.38. The normalized spacial score (nSPS) is 36.8. The van der Waals surface area contributed by atoms with Crippen molar-refractivity contribution in [3.05, 3.63) is 0 Å². The van der Waals surface area contributed by atoms with Crippen molar-refractivity contribution in [2.45, 2.75) is 44.2 Å². The number of likely N-dealkylation sites (tertiary alicyclic amines) is 1. The minimum atomic E-state index is 0.888. The number of rotatable bonds is 4. The van der Waals surface area contributed by atoms with E-state index in [4.69, 9.17) is 0 Å². The molecule has 3 fully saturated rings. The molecule has 3 rings (SSSR count). The van der Waals surface area contributed by atoms with Crippen LogP contribution in [0.1, 0.15) is 32.1 Å². The monoisotopic (exact) mass is 240 g/mol. The maximum atomic E-state index is 3.69. The Morgan fingerprint density at radius 2 is 2.12 bits per heavy atom. The van der Waals surface area contributed by atoms with Crippen molar-refractivity contribution in [3.8, 4) is 0 Å². The highest BCUT2D eigenvalue weighted by atomic mass is 32.2. The summed E-state index contributed by atoms with van der Waals surface area (Å²) in [5.74, 6) is 3.73. The van der Waals surface area contributed by atoms with Crippen LogP contribution in [0.3, 0.4) is 0 Å². The van der Waals surface area contributed by atoms with Gasteiger partial charge in [-0.2, -0.15) is 11.8 Å². The third-order valence-corrected chi connectivity index (χ3v) is 5.44. The molecule has 1 N–H and O–H groups in total. The molecule has 92 valence electrons. The van der Waals surface area contributed by atoms with E-state index in [1.165, 1.54) is 63.2 Å². The average Bonchev–Trinajstić information content (AvgIpc) is 3.05. The molecule has 1 aliphatic carbocycles. The van der Waals surface area contributed by atoms with Crippen LogP contribution in [0.25, 0.3) is 0 Å². The topological polar surface area (TPSA) is 15.3 Å². The van der Waals surface area contributed by atoms with Crippen molar-refractivity contribution >= 4 is 11.8 Å². The van der Waals surface area contributed by atoms with Crippen molar-refractivity contribution in [2.75, 3.05) is 31.1 Å². The third-order valence-electron chi connectivity index (χ3n) is 4.24. The number of hydrogen-bond donors (Lipinski definition) is 1. The Kier molecular flexibility index (Phi) is 3.75. The van der Waals surface area contributed by atoms with Crippen LogP contribution in [0.2, 0.25) is 0 Å². The van der Waals surface area contributed by atoms with Crippen molar-refractivity contribution < 1.29 is 0 Å². The van der Waals surface area contributed by atoms with E-state index in [0.717, 1.165) is 18.0 Å². The van der Waals surface area contributed by atoms with Gasteiger partial charge in [0.05, 0.1) is 0 Å². The van der Waals surface area contributed by atoms with Crippen molar-refractivity contribution in [3.63, 3.8) is 0 Å². The Hall–Kier alpha value is 0.270. The Balaban J connectivity index is 1.40. The smallest absolute Gasteiger partial charge is 0.0186 e. The summed E-state index contributed by atoms with van der Waals surface area (Å²) >= 11 is 2.16. The van der Waals surface area contributed by atoms with E-state index < -0.39 is 0 Å². The second-order valence-corrected chi connectivity index (χ2v) is 6.85. The predicted octanol–water partition coefficient (Wildman–Crippen LogP) is 1.96. The first-order chi connectivity index (χ1) is 7.92. The maximum Gasteiger partial charge on any atom is 0.0186 e. The standard InChI is InChI=1S/C13H24N2S/c1-2-13(10-16-7-1)15-6-5-11(9-15)8-14-12-3-4-12/h11-14H,1-10H2. The van der Waals surface area contributed by atoms with Crippen LogP contribution in [-0.4, -0.2) is 48.1 Å². The molecule has 0 bridgehead atoms. The van der Waals surface area contributed by atoms with Crippen LogP contribution in [0.15, 0.2) is 0 Å². The Morgan fingerprint density at radius 1 is 1.19 bits per heavy atom. The van der Waals surface area contributed by atoms with Gasteiger partial charge in [-0.3, -0.25) is 4.90 Å². The molecule has 2 unspecified atom stereocenters. The minimum Gasteiger partial charge on any atom is -0.314 e.